The second kappa shape index (κ2) is 12.3. The lowest BCUT2D eigenvalue weighted by atomic mass is 9.82. The standard InChI is InChI=1S/C55H38N2O/c1-55(2)48-20-10-8-17-42(48)46-34-40(29-31-49(46)55)56(52-22-12-19-44-45-30-25-36-13-6-7-16-41(36)53(45)58-54(44)52)39-27-23-35(24-28-39)37-26-32-51-47(33-37)43-18-9-11-21-50(43)57(51)38-14-4-3-5-15-38/h3-34H,1-2H3. The fourth-order valence-corrected chi connectivity index (χ4v) is 9.77. The van der Waals surface area contributed by atoms with E-state index in [0.717, 1.165) is 50.1 Å². The maximum Gasteiger partial charge on any atom is 0.159 e. The highest BCUT2D eigenvalue weighted by molar-refractivity contribution is 6.17. The molecule has 0 spiro atoms. The van der Waals surface area contributed by atoms with Gasteiger partial charge < -0.3 is 13.9 Å². The average Bonchev–Trinajstić information content (AvgIpc) is 3.90. The van der Waals surface area contributed by atoms with Crippen LogP contribution in [0.4, 0.5) is 17.1 Å². The molecular formula is C55H38N2O. The molecule has 0 fully saturated rings. The number of para-hydroxylation sites is 3. The number of benzene rings is 9. The van der Waals surface area contributed by atoms with Crippen LogP contribution < -0.4 is 4.90 Å². The first-order chi connectivity index (χ1) is 28.5. The van der Waals surface area contributed by atoms with Gasteiger partial charge in [-0.25, -0.2) is 0 Å². The van der Waals surface area contributed by atoms with Crippen molar-refractivity contribution in [3.8, 4) is 27.9 Å². The molecule has 0 atom stereocenters. The van der Waals surface area contributed by atoms with E-state index in [1.165, 1.54) is 60.6 Å². The highest BCUT2D eigenvalue weighted by atomic mass is 16.3. The molecule has 0 bridgehead atoms. The lowest BCUT2D eigenvalue weighted by Crippen LogP contribution is -2.15. The largest absolute Gasteiger partial charge is 0.453 e. The summed E-state index contributed by atoms with van der Waals surface area (Å²) in [5.74, 6) is 0. The number of anilines is 3. The highest BCUT2D eigenvalue weighted by Crippen LogP contribution is 2.51. The number of nitrogens with zero attached hydrogens (tertiary/aromatic N) is 2. The Kier molecular flexibility index (Phi) is 6.98. The normalized spacial score (nSPS) is 13.1. The van der Waals surface area contributed by atoms with Gasteiger partial charge in [-0.1, -0.05) is 141 Å². The molecule has 0 aliphatic heterocycles. The summed E-state index contributed by atoms with van der Waals surface area (Å²) < 4.78 is 9.33. The van der Waals surface area contributed by atoms with Crippen LogP contribution in [0.2, 0.25) is 0 Å². The Hall–Kier alpha value is -7.36. The van der Waals surface area contributed by atoms with Crippen LogP contribution >= 0.6 is 0 Å². The second-order valence-corrected chi connectivity index (χ2v) is 16.1. The maximum absolute atomic E-state index is 6.96. The molecule has 58 heavy (non-hydrogen) atoms. The number of furan rings is 1. The fourth-order valence-electron chi connectivity index (χ4n) is 9.77. The zero-order chi connectivity index (χ0) is 38.5. The molecule has 2 aromatic heterocycles. The lowest BCUT2D eigenvalue weighted by Gasteiger charge is -2.27. The molecule has 2 heterocycles. The van der Waals surface area contributed by atoms with Gasteiger partial charge >= 0.3 is 0 Å². The first-order valence-corrected chi connectivity index (χ1v) is 20.1. The van der Waals surface area contributed by atoms with Crippen LogP contribution in [0.1, 0.15) is 25.0 Å². The predicted molar refractivity (Wildman–Crippen MR) is 243 cm³/mol. The van der Waals surface area contributed by atoms with Gasteiger partial charge in [0.15, 0.2) is 5.58 Å². The van der Waals surface area contributed by atoms with Gasteiger partial charge in [0.2, 0.25) is 0 Å². The lowest BCUT2D eigenvalue weighted by molar-refractivity contribution is 0.660. The van der Waals surface area contributed by atoms with Crippen molar-refractivity contribution in [1.82, 2.24) is 4.57 Å². The van der Waals surface area contributed by atoms with Crippen LogP contribution in [0.15, 0.2) is 199 Å². The number of fused-ring (bicyclic) bond motifs is 11. The molecule has 0 unspecified atom stereocenters. The fraction of sp³-hybridized carbons (Fsp3) is 0.0545. The minimum Gasteiger partial charge on any atom is -0.453 e. The van der Waals surface area contributed by atoms with Gasteiger partial charge in [0.25, 0.3) is 0 Å². The van der Waals surface area contributed by atoms with Crippen molar-refractivity contribution in [2.24, 2.45) is 0 Å². The molecule has 3 heteroatoms. The molecule has 0 amide bonds. The second-order valence-electron chi connectivity index (χ2n) is 16.1. The Labute approximate surface area is 336 Å². The van der Waals surface area contributed by atoms with Crippen LogP contribution in [0.3, 0.4) is 0 Å². The first-order valence-electron chi connectivity index (χ1n) is 20.1. The van der Waals surface area contributed by atoms with E-state index in [2.05, 4.69) is 217 Å². The Balaban J connectivity index is 1.03. The van der Waals surface area contributed by atoms with Crippen molar-refractivity contribution in [1.29, 1.82) is 0 Å². The van der Waals surface area contributed by atoms with Gasteiger partial charge in [-0.3, -0.25) is 0 Å². The summed E-state index contributed by atoms with van der Waals surface area (Å²) in [5, 5.41) is 7.02. The minimum atomic E-state index is -0.0781. The van der Waals surface area contributed by atoms with Crippen LogP contribution in [0, 0.1) is 0 Å². The molecule has 11 aromatic rings. The SMILES string of the molecule is CC1(C)c2ccccc2-c2cc(N(c3ccc(-c4ccc5c(c4)c4ccccc4n5-c4ccccc4)cc3)c3cccc4c3oc3c5ccccc5ccc43)ccc21. The van der Waals surface area contributed by atoms with E-state index in [1.54, 1.807) is 0 Å². The van der Waals surface area contributed by atoms with Crippen molar-refractivity contribution in [2.45, 2.75) is 19.3 Å². The molecular weight excluding hydrogens is 705 g/mol. The summed E-state index contributed by atoms with van der Waals surface area (Å²) in [7, 11) is 0. The van der Waals surface area contributed by atoms with Crippen LogP contribution in [-0.4, -0.2) is 4.57 Å². The molecule has 1 aliphatic carbocycles. The minimum absolute atomic E-state index is 0.0781. The third-order valence-electron chi connectivity index (χ3n) is 12.6. The van der Waals surface area contributed by atoms with Crippen molar-refractivity contribution < 1.29 is 4.42 Å². The van der Waals surface area contributed by atoms with Crippen molar-refractivity contribution in [2.75, 3.05) is 4.90 Å². The zero-order valence-electron chi connectivity index (χ0n) is 32.3. The van der Waals surface area contributed by atoms with E-state index < -0.39 is 0 Å². The number of hydrogen-bond acceptors (Lipinski definition) is 2. The molecule has 274 valence electrons. The molecule has 0 N–H and O–H groups in total. The van der Waals surface area contributed by atoms with E-state index in [9.17, 15) is 0 Å². The first kappa shape index (κ1) is 32.8. The van der Waals surface area contributed by atoms with Crippen LogP contribution in [0.5, 0.6) is 0 Å². The molecule has 9 aromatic carbocycles. The number of aromatic nitrogens is 1. The summed E-state index contributed by atoms with van der Waals surface area (Å²) in [6, 6.07) is 70.6. The van der Waals surface area contributed by atoms with Crippen LogP contribution in [-0.2, 0) is 5.41 Å². The van der Waals surface area contributed by atoms with Gasteiger partial charge in [-0.2, -0.15) is 0 Å². The monoisotopic (exact) mass is 742 g/mol. The number of rotatable bonds is 5. The van der Waals surface area contributed by atoms with Gasteiger partial charge in [0.05, 0.1) is 16.7 Å². The Bertz CT molecular complexity index is 3420. The average molecular weight is 743 g/mol. The number of hydrogen-bond donors (Lipinski definition) is 0. The van der Waals surface area contributed by atoms with Crippen LogP contribution in [0.25, 0.3) is 82.5 Å². The van der Waals surface area contributed by atoms with Crippen molar-refractivity contribution in [3.63, 3.8) is 0 Å². The van der Waals surface area contributed by atoms with Gasteiger partial charge in [-0.15, -0.1) is 0 Å². The topological polar surface area (TPSA) is 21.3 Å². The van der Waals surface area contributed by atoms with E-state index in [1.807, 2.05) is 0 Å². The predicted octanol–water partition coefficient (Wildman–Crippen LogP) is 15.3. The summed E-state index contributed by atoms with van der Waals surface area (Å²) in [4.78, 5) is 2.38. The van der Waals surface area contributed by atoms with Gasteiger partial charge in [-0.05, 0) is 105 Å². The molecule has 0 saturated carbocycles. The zero-order valence-corrected chi connectivity index (χ0v) is 32.3. The Morgan fingerprint density at radius 3 is 1.98 bits per heavy atom. The van der Waals surface area contributed by atoms with Crippen molar-refractivity contribution in [3.05, 3.63) is 205 Å². The molecule has 0 saturated heterocycles. The Morgan fingerprint density at radius 1 is 0.431 bits per heavy atom. The summed E-state index contributed by atoms with van der Waals surface area (Å²) in [6.45, 7) is 4.67. The molecule has 0 radical (unpaired) electrons. The van der Waals surface area contributed by atoms with Gasteiger partial charge in [0.1, 0.15) is 5.58 Å². The molecule has 12 rings (SSSR count). The van der Waals surface area contributed by atoms with E-state index in [4.69, 9.17) is 4.42 Å². The van der Waals surface area contributed by atoms with E-state index in [0.29, 0.717) is 0 Å². The highest BCUT2D eigenvalue weighted by Gasteiger charge is 2.35. The maximum atomic E-state index is 6.96. The third-order valence-corrected chi connectivity index (χ3v) is 12.6. The summed E-state index contributed by atoms with van der Waals surface area (Å²) >= 11 is 0. The molecule has 3 nitrogen and oxygen atoms in total. The molecule has 1 aliphatic rings. The Morgan fingerprint density at radius 2 is 1.10 bits per heavy atom. The third kappa shape index (κ3) is 4.74. The smallest absolute Gasteiger partial charge is 0.159 e. The van der Waals surface area contributed by atoms with Gasteiger partial charge in [0, 0.05) is 49.4 Å². The van der Waals surface area contributed by atoms with Crippen molar-refractivity contribution >= 4 is 71.6 Å². The summed E-state index contributed by atoms with van der Waals surface area (Å²) in [6.07, 6.45) is 0. The van der Waals surface area contributed by atoms with E-state index in [-0.39, 0.29) is 5.41 Å². The summed E-state index contributed by atoms with van der Waals surface area (Å²) in [5.41, 5.74) is 16.1. The van der Waals surface area contributed by atoms with E-state index >= 15 is 0 Å². The quantitative estimate of drug-likeness (QED) is 0.175.